The summed E-state index contributed by atoms with van der Waals surface area (Å²) in [7, 11) is 0. The van der Waals surface area contributed by atoms with Gasteiger partial charge in [0.1, 0.15) is 0 Å². The number of rotatable bonds is 4. The van der Waals surface area contributed by atoms with Crippen molar-refractivity contribution in [2.24, 2.45) is 17.3 Å². The van der Waals surface area contributed by atoms with Gasteiger partial charge in [0, 0.05) is 6.08 Å². The highest BCUT2D eigenvalue weighted by Crippen LogP contribution is 2.58. The summed E-state index contributed by atoms with van der Waals surface area (Å²) in [5, 5.41) is 8.88. The molecular formula is C11H16O4. The van der Waals surface area contributed by atoms with Gasteiger partial charge in [-0.25, -0.2) is 4.79 Å². The highest BCUT2D eigenvalue weighted by molar-refractivity contribution is 5.83. The molecule has 84 valence electrons. The number of esters is 1. The number of carboxylic acid groups (broad SMARTS) is 1. The summed E-state index contributed by atoms with van der Waals surface area (Å²) in [5.74, 6) is -1.68. The Kier molecular flexibility index (Phi) is 3.17. The zero-order valence-electron chi connectivity index (χ0n) is 9.19. The van der Waals surface area contributed by atoms with E-state index in [1.807, 2.05) is 13.8 Å². The van der Waals surface area contributed by atoms with E-state index >= 15 is 0 Å². The Morgan fingerprint density at radius 3 is 2.47 bits per heavy atom. The fourth-order valence-electron chi connectivity index (χ4n) is 1.88. The highest BCUT2D eigenvalue weighted by Gasteiger charge is 2.60. The predicted octanol–water partition coefficient (Wildman–Crippen LogP) is 1.46. The number of ether oxygens (including phenoxy) is 1. The van der Waals surface area contributed by atoms with E-state index in [2.05, 4.69) is 0 Å². The van der Waals surface area contributed by atoms with Crippen LogP contribution < -0.4 is 0 Å². The molecular weight excluding hydrogens is 196 g/mol. The molecule has 0 heterocycles. The molecule has 1 aliphatic rings. The molecule has 0 aromatic rings. The minimum atomic E-state index is -0.807. The maximum Gasteiger partial charge on any atom is 0.330 e. The van der Waals surface area contributed by atoms with Crippen LogP contribution in [0.25, 0.3) is 0 Å². The average molecular weight is 212 g/mol. The third-order valence-electron chi connectivity index (χ3n) is 2.90. The molecule has 4 heteroatoms. The molecule has 2 atom stereocenters. The molecule has 0 aromatic heterocycles. The molecule has 0 radical (unpaired) electrons. The molecule has 0 aromatic carbocycles. The van der Waals surface area contributed by atoms with Gasteiger partial charge in [-0.3, -0.25) is 4.79 Å². The van der Waals surface area contributed by atoms with Crippen molar-refractivity contribution in [3.63, 3.8) is 0 Å². The molecule has 1 fully saturated rings. The number of carboxylic acids is 1. The van der Waals surface area contributed by atoms with Crippen LogP contribution in [-0.2, 0) is 14.3 Å². The number of hydrogen-bond donors (Lipinski definition) is 1. The summed E-state index contributed by atoms with van der Waals surface area (Å²) in [6.45, 7) is 5.82. The van der Waals surface area contributed by atoms with Gasteiger partial charge in [-0.15, -0.1) is 0 Å². The molecule has 4 nitrogen and oxygen atoms in total. The Hall–Kier alpha value is -1.32. The van der Waals surface area contributed by atoms with Crippen molar-refractivity contribution in [2.75, 3.05) is 6.61 Å². The quantitative estimate of drug-likeness (QED) is 0.566. The molecule has 0 bridgehead atoms. The number of hydrogen-bond acceptors (Lipinski definition) is 3. The fourth-order valence-corrected chi connectivity index (χ4v) is 1.88. The van der Waals surface area contributed by atoms with Gasteiger partial charge in [-0.05, 0) is 18.3 Å². The monoisotopic (exact) mass is 212 g/mol. The van der Waals surface area contributed by atoms with E-state index in [0.29, 0.717) is 6.61 Å². The molecule has 0 unspecified atom stereocenters. The second-order valence-electron chi connectivity index (χ2n) is 4.27. The topological polar surface area (TPSA) is 63.6 Å². The normalized spacial score (nSPS) is 27.7. The number of carbonyl (C=O) groups excluding carboxylic acids is 1. The molecule has 0 amide bonds. The lowest BCUT2D eigenvalue weighted by molar-refractivity contribution is -0.140. The van der Waals surface area contributed by atoms with Gasteiger partial charge in [0.15, 0.2) is 0 Å². The van der Waals surface area contributed by atoms with Gasteiger partial charge in [-0.2, -0.15) is 0 Å². The lowest BCUT2D eigenvalue weighted by atomic mass is 10.1. The summed E-state index contributed by atoms with van der Waals surface area (Å²) >= 11 is 0. The van der Waals surface area contributed by atoms with Gasteiger partial charge in [-0.1, -0.05) is 19.9 Å². The van der Waals surface area contributed by atoms with Crippen LogP contribution in [0.2, 0.25) is 0 Å². The van der Waals surface area contributed by atoms with E-state index in [1.54, 1.807) is 13.0 Å². The molecule has 1 aliphatic carbocycles. The predicted molar refractivity (Wildman–Crippen MR) is 54.2 cm³/mol. The van der Waals surface area contributed by atoms with Crippen LogP contribution in [0.15, 0.2) is 12.2 Å². The van der Waals surface area contributed by atoms with Crippen molar-refractivity contribution < 1.29 is 19.4 Å². The Morgan fingerprint density at radius 1 is 1.47 bits per heavy atom. The lowest BCUT2D eigenvalue weighted by Gasteiger charge is -1.97. The van der Waals surface area contributed by atoms with Gasteiger partial charge >= 0.3 is 11.9 Å². The number of carbonyl (C=O) groups is 2. The summed E-state index contributed by atoms with van der Waals surface area (Å²) in [6, 6.07) is 0. The zero-order chi connectivity index (χ0) is 11.6. The third kappa shape index (κ3) is 2.37. The smallest absolute Gasteiger partial charge is 0.330 e. The summed E-state index contributed by atoms with van der Waals surface area (Å²) in [6.07, 6.45) is 2.95. The summed E-state index contributed by atoms with van der Waals surface area (Å²) in [4.78, 5) is 21.8. The summed E-state index contributed by atoms with van der Waals surface area (Å²) in [5.41, 5.74) is -0.255. The minimum absolute atomic E-state index is 0.0700. The Balaban J connectivity index is 2.55. The second-order valence-corrected chi connectivity index (χ2v) is 4.27. The molecule has 1 N–H and O–H groups in total. The fraction of sp³-hybridized carbons (Fsp3) is 0.636. The molecule has 1 saturated carbocycles. The number of aliphatic carboxylic acids is 1. The van der Waals surface area contributed by atoms with E-state index in [1.165, 1.54) is 6.08 Å². The maximum atomic E-state index is 11.0. The van der Waals surface area contributed by atoms with Crippen LogP contribution in [-0.4, -0.2) is 23.7 Å². The standard InChI is InChI=1S/C11H16O4/c1-4-15-8(12)6-5-7-9(10(13)14)11(7,2)3/h5-7,9H,4H2,1-3H3,(H,13,14)/b6-5+/t7-,9-/m0/s1. The van der Waals surface area contributed by atoms with E-state index in [9.17, 15) is 9.59 Å². The molecule has 15 heavy (non-hydrogen) atoms. The van der Waals surface area contributed by atoms with Crippen LogP contribution >= 0.6 is 0 Å². The van der Waals surface area contributed by atoms with Crippen molar-refractivity contribution in [3.05, 3.63) is 12.2 Å². The van der Waals surface area contributed by atoms with Crippen LogP contribution in [0, 0.1) is 17.3 Å². The van der Waals surface area contributed by atoms with E-state index < -0.39 is 11.9 Å². The number of allylic oxidation sites excluding steroid dienone is 1. The maximum absolute atomic E-state index is 11.0. The van der Waals surface area contributed by atoms with Gasteiger partial charge in [0.2, 0.25) is 0 Å². The van der Waals surface area contributed by atoms with Crippen molar-refractivity contribution in [2.45, 2.75) is 20.8 Å². The molecule has 1 rings (SSSR count). The summed E-state index contributed by atoms with van der Waals surface area (Å²) < 4.78 is 4.71. The highest BCUT2D eigenvalue weighted by atomic mass is 16.5. The van der Waals surface area contributed by atoms with Crippen LogP contribution in [0.5, 0.6) is 0 Å². The first kappa shape index (κ1) is 11.8. The average Bonchev–Trinajstić information content (AvgIpc) is 2.65. The van der Waals surface area contributed by atoms with E-state index in [0.717, 1.165) is 0 Å². The molecule has 0 spiro atoms. The van der Waals surface area contributed by atoms with E-state index in [-0.39, 0.29) is 17.3 Å². The first-order valence-corrected chi connectivity index (χ1v) is 4.99. The van der Waals surface area contributed by atoms with Gasteiger partial charge in [0.05, 0.1) is 12.5 Å². The van der Waals surface area contributed by atoms with Crippen molar-refractivity contribution in [3.8, 4) is 0 Å². The van der Waals surface area contributed by atoms with Crippen molar-refractivity contribution >= 4 is 11.9 Å². The SMILES string of the molecule is CCOC(=O)/C=C/[C@H]1[C@@H](C(=O)O)C1(C)C. The van der Waals surface area contributed by atoms with Gasteiger partial charge < -0.3 is 9.84 Å². The first-order valence-electron chi connectivity index (χ1n) is 4.99. The Labute approximate surface area is 88.9 Å². The van der Waals surface area contributed by atoms with Gasteiger partial charge in [0.25, 0.3) is 0 Å². The second kappa shape index (κ2) is 4.04. The Morgan fingerprint density at radius 2 is 2.07 bits per heavy atom. The molecule has 0 saturated heterocycles. The van der Waals surface area contributed by atoms with Crippen LogP contribution in [0.1, 0.15) is 20.8 Å². The minimum Gasteiger partial charge on any atom is -0.481 e. The largest absolute Gasteiger partial charge is 0.481 e. The van der Waals surface area contributed by atoms with Crippen LogP contribution in [0.4, 0.5) is 0 Å². The molecule has 0 aliphatic heterocycles. The first-order chi connectivity index (χ1) is 6.91. The van der Waals surface area contributed by atoms with Crippen molar-refractivity contribution in [1.29, 1.82) is 0 Å². The van der Waals surface area contributed by atoms with E-state index in [4.69, 9.17) is 9.84 Å². The third-order valence-corrected chi connectivity index (χ3v) is 2.90. The van der Waals surface area contributed by atoms with Crippen LogP contribution in [0.3, 0.4) is 0 Å². The zero-order valence-corrected chi connectivity index (χ0v) is 9.19. The lowest BCUT2D eigenvalue weighted by Crippen LogP contribution is -2.03. The Bertz CT molecular complexity index is 304. The van der Waals surface area contributed by atoms with Crippen molar-refractivity contribution in [1.82, 2.24) is 0 Å².